The van der Waals surface area contributed by atoms with Gasteiger partial charge in [0.1, 0.15) is 5.82 Å². The van der Waals surface area contributed by atoms with Gasteiger partial charge in [0.25, 0.3) is 11.8 Å². The number of phenols is 1. The van der Waals surface area contributed by atoms with Crippen LogP contribution in [0.1, 0.15) is 52.0 Å². The van der Waals surface area contributed by atoms with Crippen molar-refractivity contribution in [3.05, 3.63) is 65.5 Å². The topological polar surface area (TPSA) is 104 Å². The molecule has 8 nitrogen and oxygen atoms in total. The van der Waals surface area contributed by atoms with Crippen molar-refractivity contribution in [1.29, 1.82) is 0 Å². The molecule has 6 atom stereocenters. The number of phenolic OH excluding ortho intramolecular Hbond substituents is 1. The number of ether oxygens (including phenoxy) is 1. The number of aromatic hydroxyl groups is 1. The Morgan fingerprint density at radius 1 is 1.00 bits per heavy atom. The Kier molecular flexibility index (Phi) is 6.75. The number of fused-ring (bicyclic) bond motifs is 4. The molecule has 11 heteroatoms. The SMILES string of the molecule is CCOc1cccc([C@H]2C3=CC[C@@H]4C(=O)N(C(C)(C)C)C(=O)[C@@H]4[C@@H]3C[C@@]3(Cl)C(=O)N(c4ccc(F)cc4)C(=O)[C@@]23Cl)c1O. The number of carbonyl (C=O) groups excluding carboxylic acids is 4. The van der Waals surface area contributed by atoms with Crippen LogP contribution < -0.4 is 9.64 Å². The number of para-hydroxylation sites is 1. The number of anilines is 1. The van der Waals surface area contributed by atoms with Crippen LogP contribution in [0.15, 0.2) is 54.1 Å². The monoisotopic (exact) mass is 628 g/mol. The number of allylic oxidation sites excluding steroid dienone is 2. The highest BCUT2D eigenvalue weighted by molar-refractivity contribution is 6.58. The van der Waals surface area contributed by atoms with E-state index in [0.29, 0.717) is 5.57 Å². The van der Waals surface area contributed by atoms with Crippen LogP contribution in [0.25, 0.3) is 0 Å². The zero-order chi connectivity index (χ0) is 31.2. The highest BCUT2D eigenvalue weighted by Gasteiger charge is 2.77. The van der Waals surface area contributed by atoms with Crippen LogP contribution in [-0.2, 0) is 19.2 Å². The zero-order valence-corrected chi connectivity index (χ0v) is 25.6. The number of alkyl halides is 2. The molecular weight excluding hydrogens is 598 g/mol. The largest absolute Gasteiger partial charge is 0.504 e. The van der Waals surface area contributed by atoms with E-state index in [1.807, 2.05) is 0 Å². The van der Waals surface area contributed by atoms with Crippen molar-refractivity contribution in [2.75, 3.05) is 11.5 Å². The van der Waals surface area contributed by atoms with Crippen LogP contribution in [-0.4, -0.2) is 55.5 Å². The van der Waals surface area contributed by atoms with E-state index >= 15 is 0 Å². The molecule has 0 unspecified atom stereocenters. The number of likely N-dealkylation sites (tertiary alicyclic amines) is 1. The minimum absolute atomic E-state index is 0.0812. The third-order valence-corrected chi connectivity index (χ3v) is 10.6. The molecule has 0 bridgehead atoms. The summed E-state index contributed by atoms with van der Waals surface area (Å²) in [5.41, 5.74) is 0.0530. The van der Waals surface area contributed by atoms with Crippen molar-refractivity contribution < 1.29 is 33.4 Å². The summed E-state index contributed by atoms with van der Waals surface area (Å²) in [5, 5.41) is 11.4. The predicted octanol–water partition coefficient (Wildman–Crippen LogP) is 5.29. The van der Waals surface area contributed by atoms with Gasteiger partial charge in [-0.15, -0.1) is 23.2 Å². The summed E-state index contributed by atoms with van der Waals surface area (Å²) in [7, 11) is 0. The molecular formula is C32H31Cl2FN2O6. The highest BCUT2D eigenvalue weighted by Crippen LogP contribution is 2.67. The smallest absolute Gasteiger partial charge is 0.258 e. The van der Waals surface area contributed by atoms with Gasteiger partial charge >= 0.3 is 0 Å². The summed E-state index contributed by atoms with van der Waals surface area (Å²) in [6.45, 7) is 7.34. The first-order valence-corrected chi connectivity index (χ1v) is 15.0. The van der Waals surface area contributed by atoms with Gasteiger partial charge in [-0.05, 0) is 76.8 Å². The maximum atomic E-state index is 14.4. The van der Waals surface area contributed by atoms with Gasteiger partial charge < -0.3 is 9.84 Å². The molecule has 2 aliphatic heterocycles. The minimum Gasteiger partial charge on any atom is -0.504 e. The van der Waals surface area contributed by atoms with E-state index in [9.17, 15) is 28.7 Å². The molecule has 2 heterocycles. The average Bonchev–Trinajstić information content (AvgIpc) is 3.29. The lowest BCUT2D eigenvalue weighted by atomic mass is 9.56. The molecule has 0 spiro atoms. The molecule has 1 saturated carbocycles. The van der Waals surface area contributed by atoms with Gasteiger partial charge in [-0.3, -0.25) is 24.1 Å². The molecule has 2 saturated heterocycles. The maximum Gasteiger partial charge on any atom is 0.258 e. The zero-order valence-electron chi connectivity index (χ0n) is 24.1. The second kappa shape index (κ2) is 9.79. The Balaban J connectivity index is 1.58. The summed E-state index contributed by atoms with van der Waals surface area (Å²) in [6, 6.07) is 9.59. The number of benzene rings is 2. The third-order valence-electron chi connectivity index (χ3n) is 9.21. The summed E-state index contributed by atoms with van der Waals surface area (Å²) in [4.78, 5) is 54.1. The maximum absolute atomic E-state index is 14.4. The standard InChI is InChI=1S/C32H31Cl2FN2O6/c1-5-43-22-8-6-7-20(25(22)38)24-18-13-14-19-23(27(40)37(26(19)39)30(2,3)4)21(18)15-31(33)28(41)36(29(42)32(24,31)34)17-11-9-16(35)10-12-17/h6-13,19,21,23-24,38H,5,14-15H2,1-4H3/t19-,21+,23-,24+,31+,32-/m0/s1. The number of nitrogens with zero attached hydrogens (tertiary/aromatic N) is 2. The Morgan fingerprint density at radius 2 is 1.67 bits per heavy atom. The first-order valence-electron chi connectivity index (χ1n) is 14.2. The second-order valence-corrected chi connectivity index (χ2v) is 13.8. The van der Waals surface area contributed by atoms with Crippen LogP contribution >= 0.6 is 23.2 Å². The van der Waals surface area contributed by atoms with Crippen LogP contribution in [0, 0.1) is 23.6 Å². The lowest BCUT2D eigenvalue weighted by Gasteiger charge is -2.50. The quantitative estimate of drug-likeness (QED) is 0.280. The predicted molar refractivity (Wildman–Crippen MR) is 157 cm³/mol. The van der Waals surface area contributed by atoms with Crippen molar-refractivity contribution in [3.8, 4) is 11.5 Å². The van der Waals surface area contributed by atoms with Gasteiger partial charge in [-0.25, -0.2) is 9.29 Å². The highest BCUT2D eigenvalue weighted by atomic mass is 35.5. The van der Waals surface area contributed by atoms with Crippen molar-refractivity contribution in [1.82, 2.24) is 4.90 Å². The summed E-state index contributed by atoms with van der Waals surface area (Å²) < 4.78 is 19.4. The van der Waals surface area contributed by atoms with Gasteiger partial charge in [0.15, 0.2) is 21.2 Å². The molecule has 0 radical (unpaired) electrons. The Hall–Kier alpha value is -3.43. The molecule has 6 rings (SSSR count). The van der Waals surface area contributed by atoms with Gasteiger partial charge in [0.2, 0.25) is 11.8 Å². The van der Waals surface area contributed by atoms with Crippen molar-refractivity contribution >= 4 is 52.5 Å². The summed E-state index contributed by atoms with van der Waals surface area (Å²) >= 11 is 14.7. The Bertz CT molecular complexity index is 1600. The van der Waals surface area contributed by atoms with E-state index in [1.165, 1.54) is 17.0 Å². The number of hydrogen-bond acceptors (Lipinski definition) is 6. The van der Waals surface area contributed by atoms with E-state index < -0.39 is 56.6 Å². The fourth-order valence-electron chi connectivity index (χ4n) is 7.45. The average molecular weight is 630 g/mol. The van der Waals surface area contributed by atoms with E-state index in [-0.39, 0.29) is 54.0 Å². The van der Waals surface area contributed by atoms with Crippen molar-refractivity contribution in [2.24, 2.45) is 17.8 Å². The molecule has 43 heavy (non-hydrogen) atoms. The molecule has 2 aliphatic carbocycles. The molecule has 1 N–H and O–H groups in total. The van der Waals surface area contributed by atoms with Gasteiger partial charge in [0, 0.05) is 17.0 Å². The molecule has 2 aromatic rings. The fourth-order valence-corrected chi connectivity index (χ4v) is 8.38. The number of amides is 4. The van der Waals surface area contributed by atoms with E-state index in [0.717, 1.165) is 17.0 Å². The molecule has 226 valence electrons. The summed E-state index contributed by atoms with van der Waals surface area (Å²) in [5.74, 6) is -6.45. The number of rotatable bonds is 4. The van der Waals surface area contributed by atoms with Gasteiger partial charge in [-0.2, -0.15) is 0 Å². The van der Waals surface area contributed by atoms with E-state index in [2.05, 4.69) is 0 Å². The lowest BCUT2D eigenvalue weighted by molar-refractivity contribution is -0.145. The molecule has 4 aliphatic rings. The molecule has 3 fully saturated rings. The molecule has 4 amide bonds. The lowest BCUT2D eigenvalue weighted by Crippen LogP contribution is -2.60. The Labute approximate surface area is 258 Å². The number of halogens is 3. The number of hydrogen-bond donors (Lipinski definition) is 1. The number of imide groups is 2. The summed E-state index contributed by atoms with van der Waals surface area (Å²) in [6.07, 6.45) is 1.81. The van der Waals surface area contributed by atoms with Crippen LogP contribution in [0.2, 0.25) is 0 Å². The molecule has 2 aromatic carbocycles. The van der Waals surface area contributed by atoms with Gasteiger partial charge in [-0.1, -0.05) is 23.8 Å². The van der Waals surface area contributed by atoms with E-state index in [4.69, 9.17) is 27.9 Å². The van der Waals surface area contributed by atoms with Crippen LogP contribution in [0.5, 0.6) is 11.5 Å². The third kappa shape index (κ3) is 3.93. The molecule has 0 aromatic heterocycles. The normalized spacial score (nSPS) is 32.0. The van der Waals surface area contributed by atoms with Crippen LogP contribution in [0.3, 0.4) is 0 Å². The second-order valence-electron chi connectivity index (χ2n) is 12.6. The van der Waals surface area contributed by atoms with Gasteiger partial charge in [0.05, 0.1) is 24.1 Å². The first-order chi connectivity index (χ1) is 20.2. The fraction of sp³-hybridized carbons (Fsp3) is 0.438. The number of carbonyl (C=O) groups is 4. The van der Waals surface area contributed by atoms with Crippen LogP contribution in [0.4, 0.5) is 10.1 Å². The first kappa shape index (κ1) is 29.6. The van der Waals surface area contributed by atoms with Crippen molar-refractivity contribution in [2.45, 2.75) is 61.7 Å². The van der Waals surface area contributed by atoms with Crippen molar-refractivity contribution in [3.63, 3.8) is 0 Å². The Morgan fingerprint density at radius 3 is 2.30 bits per heavy atom. The minimum atomic E-state index is -2.15. The van der Waals surface area contributed by atoms with E-state index in [1.54, 1.807) is 52.0 Å².